The maximum Gasteiger partial charge on any atom is 0.0789 e. The summed E-state index contributed by atoms with van der Waals surface area (Å²) >= 11 is 0. The van der Waals surface area contributed by atoms with Crippen LogP contribution in [-0.4, -0.2) is 84.6 Å². The van der Waals surface area contributed by atoms with Gasteiger partial charge in [-0.2, -0.15) is 0 Å². The number of unbranched alkanes of at least 4 members (excludes halogenated alkanes) is 21. The Labute approximate surface area is 412 Å². The first-order valence-corrected chi connectivity index (χ1v) is 28.6. The van der Waals surface area contributed by atoms with E-state index in [1.54, 1.807) is 0 Å². The fraction of sp³-hybridized carbons (Fsp3) is 0.800. The van der Waals surface area contributed by atoms with Crippen LogP contribution in [0.5, 0.6) is 0 Å². The average molecular weight is 924 g/mol. The third-order valence-corrected chi connectivity index (χ3v) is 13.1. The first-order valence-electron chi connectivity index (χ1n) is 28.6. The smallest absolute Gasteiger partial charge is 0.0789 e. The molecule has 0 aliphatic heterocycles. The summed E-state index contributed by atoms with van der Waals surface area (Å²) in [7, 11) is 0. The molecule has 0 aliphatic carbocycles. The van der Waals surface area contributed by atoms with Gasteiger partial charge >= 0.3 is 0 Å². The van der Waals surface area contributed by atoms with Crippen LogP contribution in [0.25, 0.3) is 0 Å². The first kappa shape index (κ1) is 64.2. The highest BCUT2D eigenvalue weighted by Crippen LogP contribution is 2.22. The Hall–Kier alpha value is -1.80. The number of hydrogen-bond donors (Lipinski definition) is 4. The van der Waals surface area contributed by atoms with Crippen LogP contribution in [0.4, 0.5) is 0 Å². The molecule has 0 aliphatic rings. The second kappa shape index (κ2) is 54.1. The highest BCUT2D eigenvalue weighted by atomic mass is 16.3. The predicted molar refractivity (Wildman–Crippen MR) is 295 cm³/mol. The zero-order valence-electron chi connectivity index (χ0n) is 44.3. The minimum atomic E-state index is -0.465. The predicted octanol–water partition coefficient (Wildman–Crippen LogP) is 15.5. The fourth-order valence-corrected chi connectivity index (χ4v) is 8.75. The number of hydrogen-bond acceptors (Lipinski definition) is 6. The number of aliphatic hydroxyl groups excluding tert-OH is 2. The van der Waals surface area contributed by atoms with Crippen LogP contribution in [0, 0.1) is 5.92 Å². The van der Waals surface area contributed by atoms with Crippen molar-refractivity contribution in [2.75, 3.05) is 52.4 Å². The van der Waals surface area contributed by atoms with Gasteiger partial charge < -0.3 is 31.5 Å². The summed E-state index contributed by atoms with van der Waals surface area (Å²) in [5.41, 5.74) is 11.8. The van der Waals surface area contributed by atoms with Crippen molar-refractivity contribution in [1.82, 2.24) is 9.80 Å². The zero-order valence-corrected chi connectivity index (χ0v) is 44.3. The first-order chi connectivity index (χ1) is 32.5. The van der Waals surface area contributed by atoms with E-state index >= 15 is 0 Å². The molecule has 0 saturated carbocycles. The van der Waals surface area contributed by atoms with E-state index < -0.39 is 12.2 Å². The Bertz CT molecular complexity index is 1130. The summed E-state index contributed by atoms with van der Waals surface area (Å²) in [6.45, 7) is 13.5. The zero-order chi connectivity index (χ0) is 48.1. The van der Waals surface area contributed by atoms with Crippen molar-refractivity contribution < 1.29 is 10.2 Å². The van der Waals surface area contributed by atoms with E-state index in [1.165, 1.54) is 180 Å². The molecule has 6 heteroatoms. The molecule has 0 aromatic rings. The molecule has 0 bridgehead atoms. The molecule has 66 heavy (non-hydrogen) atoms. The van der Waals surface area contributed by atoms with Crippen molar-refractivity contribution in [1.29, 1.82) is 0 Å². The van der Waals surface area contributed by atoms with Crippen LogP contribution in [0.2, 0.25) is 0 Å². The molecule has 0 saturated heterocycles. The minimum Gasteiger partial charge on any atom is -0.392 e. The number of rotatable bonds is 52. The van der Waals surface area contributed by atoms with Crippen LogP contribution >= 0.6 is 0 Å². The van der Waals surface area contributed by atoms with Crippen LogP contribution in [0.15, 0.2) is 72.9 Å². The average Bonchev–Trinajstić information content (AvgIpc) is 3.32. The lowest BCUT2D eigenvalue weighted by Crippen LogP contribution is -2.39. The number of aliphatic hydroxyl groups is 2. The van der Waals surface area contributed by atoms with E-state index in [9.17, 15) is 10.2 Å². The number of nitrogens with zero attached hydrogens (tertiary/aromatic N) is 2. The topological polar surface area (TPSA) is 99.0 Å². The molecule has 0 amide bonds. The van der Waals surface area contributed by atoms with E-state index in [-0.39, 0.29) is 0 Å². The van der Waals surface area contributed by atoms with Crippen molar-refractivity contribution in [3.05, 3.63) is 72.9 Å². The van der Waals surface area contributed by atoms with Gasteiger partial charge in [-0.3, -0.25) is 0 Å². The van der Waals surface area contributed by atoms with Crippen LogP contribution in [0.1, 0.15) is 239 Å². The molecule has 0 aromatic carbocycles. The quantitative estimate of drug-likeness (QED) is 0.0358. The van der Waals surface area contributed by atoms with Gasteiger partial charge in [0.05, 0.1) is 12.2 Å². The molecule has 386 valence electrons. The molecule has 6 nitrogen and oxygen atoms in total. The second-order valence-electron chi connectivity index (χ2n) is 19.6. The normalized spacial score (nSPS) is 14.1. The third kappa shape index (κ3) is 48.6. The van der Waals surface area contributed by atoms with Crippen molar-refractivity contribution in [2.45, 2.75) is 251 Å². The third-order valence-electron chi connectivity index (χ3n) is 13.1. The van der Waals surface area contributed by atoms with Gasteiger partial charge in [0.1, 0.15) is 0 Å². The summed E-state index contributed by atoms with van der Waals surface area (Å²) in [6.07, 6.45) is 68.8. The molecule has 3 atom stereocenters. The lowest BCUT2D eigenvalue weighted by molar-refractivity contribution is 0.111. The van der Waals surface area contributed by atoms with E-state index in [1.807, 2.05) is 0 Å². The highest BCUT2D eigenvalue weighted by molar-refractivity contribution is 4.94. The Morgan fingerprint density at radius 3 is 1.11 bits per heavy atom. The molecule has 0 rings (SSSR count). The molecule has 6 N–H and O–H groups in total. The van der Waals surface area contributed by atoms with Crippen molar-refractivity contribution >= 4 is 0 Å². The molecular formula is C60H114N4O2. The molecule has 3 unspecified atom stereocenters. The molecule has 0 fully saturated rings. The van der Waals surface area contributed by atoms with E-state index in [2.05, 4.69) is 103 Å². The lowest BCUT2D eigenvalue weighted by atomic mass is 9.91. The monoisotopic (exact) mass is 923 g/mol. The SMILES string of the molecule is CCCCCC=CC/C=C\CCCCCCC(CCN(CCCCCC/C=C\CC=CCCCCC)CCCN(CCCCCCC=CC/C=C\CCCCC)CC(O)CN)CC(O)CN. The Morgan fingerprint density at radius 1 is 0.348 bits per heavy atom. The van der Waals surface area contributed by atoms with E-state index in [4.69, 9.17) is 11.5 Å². The second-order valence-corrected chi connectivity index (χ2v) is 19.6. The van der Waals surface area contributed by atoms with E-state index in [0.717, 1.165) is 71.2 Å². The van der Waals surface area contributed by atoms with Crippen LogP contribution in [0.3, 0.4) is 0 Å². The summed E-state index contributed by atoms with van der Waals surface area (Å²) in [5.74, 6) is 0.511. The molecule has 0 radical (unpaired) electrons. The molecular weight excluding hydrogens is 809 g/mol. The molecule has 0 aromatic heterocycles. The number of allylic oxidation sites excluding steroid dienone is 12. The van der Waals surface area contributed by atoms with Gasteiger partial charge in [-0.25, -0.2) is 0 Å². The van der Waals surface area contributed by atoms with Gasteiger partial charge in [0.2, 0.25) is 0 Å². The van der Waals surface area contributed by atoms with Crippen molar-refractivity contribution in [2.24, 2.45) is 17.4 Å². The summed E-state index contributed by atoms with van der Waals surface area (Å²) in [5, 5.41) is 21.2. The van der Waals surface area contributed by atoms with Crippen molar-refractivity contribution in [3.8, 4) is 0 Å². The van der Waals surface area contributed by atoms with E-state index in [0.29, 0.717) is 25.6 Å². The minimum absolute atomic E-state index is 0.319. The highest BCUT2D eigenvalue weighted by Gasteiger charge is 2.17. The van der Waals surface area contributed by atoms with Gasteiger partial charge in [-0.1, -0.05) is 184 Å². The largest absolute Gasteiger partial charge is 0.392 e. The van der Waals surface area contributed by atoms with Crippen LogP contribution < -0.4 is 11.5 Å². The van der Waals surface area contributed by atoms with Gasteiger partial charge in [-0.15, -0.1) is 0 Å². The summed E-state index contributed by atoms with van der Waals surface area (Å²) < 4.78 is 0. The fourth-order valence-electron chi connectivity index (χ4n) is 8.75. The summed E-state index contributed by atoms with van der Waals surface area (Å²) in [4.78, 5) is 5.19. The maximum atomic E-state index is 10.6. The Balaban J connectivity index is 5.07. The van der Waals surface area contributed by atoms with Gasteiger partial charge in [0, 0.05) is 19.6 Å². The Kier molecular flexibility index (Phi) is 52.7. The number of nitrogens with two attached hydrogens (primary N) is 2. The Morgan fingerprint density at radius 2 is 0.697 bits per heavy atom. The maximum absolute atomic E-state index is 10.6. The molecule has 0 spiro atoms. The summed E-state index contributed by atoms with van der Waals surface area (Å²) in [6, 6.07) is 0. The van der Waals surface area contributed by atoms with Crippen LogP contribution in [-0.2, 0) is 0 Å². The standard InChI is InChI=1S/C60H114N4O2/c1-4-7-10-13-16-19-22-25-28-31-34-37-40-43-47-58(54-59(65)55-61)48-53-63(49-44-41-38-35-32-29-26-23-20-17-14-11-8-5-2)51-46-52-64(57-60(66)56-62)50-45-42-39-36-33-30-27-24-21-18-15-12-9-6-3/h16-21,25-30,58-60,65-66H,4-15,22-24,31-57,61-62H2,1-3H3/b19-16?,20-17?,21-18-,28-25-,29-26-,30-27?. The van der Waals surface area contributed by atoms with Gasteiger partial charge in [0.25, 0.3) is 0 Å². The lowest BCUT2D eigenvalue weighted by Gasteiger charge is -2.29. The van der Waals surface area contributed by atoms with Crippen molar-refractivity contribution in [3.63, 3.8) is 0 Å². The molecule has 0 heterocycles. The van der Waals surface area contributed by atoms with Gasteiger partial charge in [-0.05, 0) is 167 Å². The van der Waals surface area contributed by atoms with Gasteiger partial charge in [0.15, 0.2) is 0 Å².